The molecule has 1 aliphatic heterocycles. The molecule has 0 aromatic heterocycles. The molecule has 3 heteroatoms. The average Bonchev–Trinajstić information content (AvgIpc) is 2.39. The van der Waals surface area contributed by atoms with E-state index in [2.05, 4.69) is 18.3 Å². The van der Waals surface area contributed by atoms with Gasteiger partial charge in [-0.05, 0) is 49.4 Å². The van der Waals surface area contributed by atoms with Gasteiger partial charge in [0.05, 0.1) is 14.2 Å². The Kier molecular flexibility index (Phi) is 3.89. The van der Waals surface area contributed by atoms with Crippen LogP contribution in [0.2, 0.25) is 0 Å². The lowest BCUT2D eigenvalue weighted by molar-refractivity contribution is 0.351. The minimum absolute atomic E-state index is 0.601. The van der Waals surface area contributed by atoms with E-state index in [1.54, 1.807) is 14.2 Å². The highest BCUT2D eigenvalue weighted by molar-refractivity contribution is 5.51. The third-order valence-corrected chi connectivity index (χ3v) is 3.57. The van der Waals surface area contributed by atoms with E-state index in [0.29, 0.717) is 5.92 Å². The first kappa shape index (κ1) is 12.2. The van der Waals surface area contributed by atoms with Gasteiger partial charge >= 0.3 is 0 Å². The Hall–Kier alpha value is -1.22. The highest BCUT2D eigenvalue weighted by Gasteiger charge is 2.20. The molecule has 1 heterocycles. The average molecular weight is 235 g/mol. The van der Waals surface area contributed by atoms with E-state index < -0.39 is 0 Å². The Morgan fingerprint density at radius 3 is 2.65 bits per heavy atom. The second-order valence-electron chi connectivity index (χ2n) is 4.56. The van der Waals surface area contributed by atoms with Crippen LogP contribution in [0, 0.1) is 6.92 Å². The number of hydrogen-bond acceptors (Lipinski definition) is 3. The van der Waals surface area contributed by atoms with Crippen molar-refractivity contribution >= 4 is 0 Å². The van der Waals surface area contributed by atoms with Crippen LogP contribution < -0.4 is 14.8 Å². The largest absolute Gasteiger partial charge is 0.493 e. The number of hydrogen-bond donors (Lipinski definition) is 1. The van der Waals surface area contributed by atoms with E-state index in [1.165, 1.54) is 24.0 Å². The SMILES string of the molecule is COc1ccc(C2CCCNC2)c(C)c1OC. The Bertz CT molecular complexity index is 384. The number of nitrogens with one attached hydrogen (secondary N) is 1. The molecular formula is C14H21NO2. The van der Waals surface area contributed by atoms with Crippen molar-refractivity contribution in [3.63, 3.8) is 0 Å². The fourth-order valence-corrected chi connectivity index (χ4v) is 2.66. The monoisotopic (exact) mass is 235 g/mol. The summed E-state index contributed by atoms with van der Waals surface area (Å²) >= 11 is 0. The third kappa shape index (κ3) is 2.39. The standard InChI is InChI=1S/C14H21NO2/c1-10-12(11-5-4-8-15-9-11)6-7-13(16-2)14(10)17-3/h6-7,11,15H,4-5,8-9H2,1-3H3. The van der Waals surface area contributed by atoms with Crippen LogP contribution in [0.3, 0.4) is 0 Å². The predicted molar refractivity (Wildman–Crippen MR) is 69.1 cm³/mol. The Balaban J connectivity index is 2.34. The Morgan fingerprint density at radius 2 is 2.06 bits per heavy atom. The van der Waals surface area contributed by atoms with Gasteiger partial charge < -0.3 is 14.8 Å². The molecule has 1 aliphatic rings. The third-order valence-electron chi connectivity index (χ3n) is 3.57. The number of piperidine rings is 1. The summed E-state index contributed by atoms with van der Waals surface area (Å²) < 4.78 is 10.8. The topological polar surface area (TPSA) is 30.5 Å². The quantitative estimate of drug-likeness (QED) is 0.873. The molecule has 17 heavy (non-hydrogen) atoms. The van der Waals surface area contributed by atoms with Crippen molar-refractivity contribution in [3.8, 4) is 11.5 Å². The molecule has 1 unspecified atom stereocenters. The molecule has 0 spiro atoms. The van der Waals surface area contributed by atoms with Crippen molar-refractivity contribution in [2.45, 2.75) is 25.7 Å². The van der Waals surface area contributed by atoms with Gasteiger partial charge in [0.2, 0.25) is 0 Å². The van der Waals surface area contributed by atoms with E-state index in [1.807, 2.05) is 6.07 Å². The van der Waals surface area contributed by atoms with Crippen LogP contribution in [0.1, 0.15) is 29.9 Å². The molecule has 1 fully saturated rings. The minimum Gasteiger partial charge on any atom is -0.493 e. The summed E-state index contributed by atoms with van der Waals surface area (Å²) in [6.07, 6.45) is 2.50. The molecular weight excluding hydrogens is 214 g/mol. The van der Waals surface area contributed by atoms with Crippen molar-refractivity contribution in [2.24, 2.45) is 0 Å². The number of methoxy groups -OCH3 is 2. The summed E-state index contributed by atoms with van der Waals surface area (Å²) in [5.41, 5.74) is 2.59. The lowest BCUT2D eigenvalue weighted by Gasteiger charge is -2.25. The molecule has 94 valence electrons. The summed E-state index contributed by atoms with van der Waals surface area (Å²) in [5.74, 6) is 2.29. The second kappa shape index (κ2) is 5.41. The summed E-state index contributed by atoms with van der Waals surface area (Å²) in [6, 6.07) is 4.18. The lowest BCUT2D eigenvalue weighted by Crippen LogP contribution is -2.28. The number of rotatable bonds is 3. The smallest absolute Gasteiger partial charge is 0.163 e. The maximum atomic E-state index is 5.45. The first-order valence-electron chi connectivity index (χ1n) is 6.20. The number of ether oxygens (including phenoxy) is 2. The van der Waals surface area contributed by atoms with Crippen LogP contribution >= 0.6 is 0 Å². The van der Waals surface area contributed by atoms with E-state index in [4.69, 9.17) is 9.47 Å². The van der Waals surface area contributed by atoms with Gasteiger partial charge in [-0.3, -0.25) is 0 Å². The van der Waals surface area contributed by atoms with E-state index in [0.717, 1.165) is 24.6 Å². The predicted octanol–water partition coefficient (Wildman–Crippen LogP) is 2.48. The summed E-state index contributed by atoms with van der Waals surface area (Å²) in [6.45, 7) is 4.32. The summed E-state index contributed by atoms with van der Waals surface area (Å²) in [5, 5.41) is 3.45. The van der Waals surface area contributed by atoms with Gasteiger partial charge in [-0.1, -0.05) is 6.07 Å². The lowest BCUT2D eigenvalue weighted by atomic mass is 9.88. The second-order valence-corrected chi connectivity index (χ2v) is 4.56. The van der Waals surface area contributed by atoms with Crippen LogP contribution in [0.4, 0.5) is 0 Å². The van der Waals surface area contributed by atoms with Gasteiger partial charge in [0.15, 0.2) is 11.5 Å². The fraction of sp³-hybridized carbons (Fsp3) is 0.571. The van der Waals surface area contributed by atoms with Crippen molar-refractivity contribution in [1.82, 2.24) is 5.32 Å². The molecule has 0 saturated carbocycles. The van der Waals surface area contributed by atoms with Crippen LogP contribution in [0.15, 0.2) is 12.1 Å². The molecule has 0 amide bonds. The zero-order valence-electron chi connectivity index (χ0n) is 10.9. The Morgan fingerprint density at radius 1 is 1.24 bits per heavy atom. The molecule has 1 saturated heterocycles. The van der Waals surface area contributed by atoms with E-state index in [-0.39, 0.29) is 0 Å². The highest BCUT2D eigenvalue weighted by atomic mass is 16.5. The molecule has 0 radical (unpaired) electrons. The number of benzene rings is 1. The van der Waals surface area contributed by atoms with Gasteiger partial charge in [0.25, 0.3) is 0 Å². The molecule has 0 aliphatic carbocycles. The van der Waals surface area contributed by atoms with Gasteiger partial charge in [-0.25, -0.2) is 0 Å². The minimum atomic E-state index is 0.601. The maximum absolute atomic E-state index is 5.45. The van der Waals surface area contributed by atoms with E-state index >= 15 is 0 Å². The van der Waals surface area contributed by atoms with Crippen LogP contribution in [-0.4, -0.2) is 27.3 Å². The molecule has 1 N–H and O–H groups in total. The molecule has 1 atom stereocenters. The van der Waals surface area contributed by atoms with E-state index in [9.17, 15) is 0 Å². The Labute approximate surface area is 103 Å². The normalized spacial score (nSPS) is 20.1. The first-order valence-corrected chi connectivity index (χ1v) is 6.20. The highest BCUT2D eigenvalue weighted by Crippen LogP contribution is 2.37. The van der Waals surface area contributed by atoms with Gasteiger partial charge in [-0.15, -0.1) is 0 Å². The molecule has 1 aromatic carbocycles. The van der Waals surface area contributed by atoms with Gasteiger partial charge in [0, 0.05) is 6.54 Å². The fourth-order valence-electron chi connectivity index (χ4n) is 2.66. The van der Waals surface area contributed by atoms with Crippen molar-refractivity contribution in [1.29, 1.82) is 0 Å². The van der Waals surface area contributed by atoms with Crippen LogP contribution in [-0.2, 0) is 0 Å². The molecule has 2 rings (SSSR count). The summed E-state index contributed by atoms with van der Waals surface area (Å²) in [7, 11) is 3.38. The molecule has 1 aromatic rings. The first-order chi connectivity index (χ1) is 8.27. The van der Waals surface area contributed by atoms with Crippen LogP contribution in [0.25, 0.3) is 0 Å². The molecule has 3 nitrogen and oxygen atoms in total. The van der Waals surface area contributed by atoms with Crippen molar-refractivity contribution in [2.75, 3.05) is 27.3 Å². The molecule has 0 bridgehead atoms. The van der Waals surface area contributed by atoms with Crippen molar-refractivity contribution < 1.29 is 9.47 Å². The zero-order chi connectivity index (χ0) is 12.3. The van der Waals surface area contributed by atoms with Crippen molar-refractivity contribution in [3.05, 3.63) is 23.3 Å². The summed E-state index contributed by atoms with van der Waals surface area (Å²) in [4.78, 5) is 0. The maximum Gasteiger partial charge on any atom is 0.163 e. The van der Waals surface area contributed by atoms with Gasteiger partial charge in [-0.2, -0.15) is 0 Å². The zero-order valence-corrected chi connectivity index (χ0v) is 10.9. The van der Waals surface area contributed by atoms with Gasteiger partial charge in [0.1, 0.15) is 0 Å². The van der Waals surface area contributed by atoms with Crippen LogP contribution in [0.5, 0.6) is 11.5 Å².